The van der Waals surface area contributed by atoms with Crippen molar-refractivity contribution < 1.29 is 4.79 Å². The van der Waals surface area contributed by atoms with Gasteiger partial charge in [-0.3, -0.25) is 14.2 Å². The lowest BCUT2D eigenvalue weighted by atomic mass is 10.1. The third kappa shape index (κ3) is 3.69. The minimum Gasteiger partial charge on any atom is -0.353 e. The Morgan fingerprint density at radius 3 is 2.70 bits per heavy atom. The quantitative estimate of drug-likeness (QED) is 0.502. The largest absolute Gasteiger partial charge is 0.369 e. The van der Waals surface area contributed by atoms with E-state index in [-0.39, 0.29) is 36.8 Å². The van der Waals surface area contributed by atoms with Gasteiger partial charge in [-0.05, 0) is 52.9 Å². The zero-order valence-corrected chi connectivity index (χ0v) is 17.3. The Labute approximate surface area is 175 Å². The molecule has 4 aromatic rings. The number of nitrogens with one attached hydrogen (secondary N) is 1. The molecule has 0 aliphatic rings. The second kappa shape index (κ2) is 8.07. The number of benzene rings is 1. The van der Waals surface area contributed by atoms with Gasteiger partial charge in [-0.1, -0.05) is 18.2 Å². The van der Waals surface area contributed by atoms with Gasteiger partial charge in [0.2, 0.25) is 5.91 Å². The molecule has 3 heterocycles. The van der Waals surface area contributed by atoms with Gasteiger partial charge in [0.15, 0.2) is 0 Å². The summed E-state index contributed by atoms with van der Waals surface area (Å²) >= 11 is 1.38. The van der Waals surface area contributed by atoms with Crippen LogP contribution in [0.4, 0.5) is 0 Å². The molecule has 1 aromatic carbocycles. The van der Waals surface area contributed by atoms with Gasteiger partial charge < -0.3 is 5.32 Å². The summed E-state index contributed by atoms with van der Waals surface area (Å²) in [6.45, 7) is 4.07. The van der Waals surface area contributed by atoms with Crippen LogP contribution in [0.25, 0.3) is 15.9 Å². The molecular weight excluding hydrogens is 404 g/mol. The lowest BCUT2D eigenvalue weighted by molar-refractivity contribution is -0.121. The van der Waals surface area contributed by atoms with Gasteiger partial charge in [-0.2, -0.15) is 9.36 Å². The number of carbonyl (C=O) groups excluding carboxylic acids is 1. The van der Waals surface area contributed by atoms with Gasteiger partial charge in [0.1, 0.15) is 11.5 Å². The van der Waals surface area contributed by atoms with Gasteiger partial charge >= 0.3 is 5.69 Å². The molecule has 0 saturated heterocycles. The zero-order chi connectivity index (χ0) is 21.3. The zero-order valence-electron chi connectivity index (χ0n) is 16.5. The number of aryl methyl sites for hydroxylation is 2. The molecule has 30 heavy (non-hydrogen) atoms. The summed E-state index contributed by atoms with van der Waals surface area (Å²) in [5.74, 6) is -0.316. The molecule has 4 rings (SSSR count). The van der Waals surface area contributed by atoms with Gasteiger partial charge in [0.25, 0.3) is 5.56 Å². The van der Waals surface area contributed by atoms with Crippen LogP contribution in [0.1, 0.15) is 11.1 Å². The monoisotopic (exact) mass is 424 g/mol. The number of rotatable bonds is 6. The normalized spacial score (nSPS) is 11.1. The Morgan fingerprint density at radius 1 is 1.10 bits per heavy atom. The van der Waals surface area contributed by atoms with Crippen LogP contribution in [0.3, 0.4) is 0 Å². The number of aromatic nitrogens is 5. The highest BCUT2D eigenvalue weighted by Gasteiger charge is 2.13. The van der Waals surface area contributed by atoms with E-state index >= 15 is 0 Å². The van der Waals surface area contributed by atoms with E-state index in [2.05, 4.69) is 15.7 Å². The number of tetrazole rings is 1. The number of hydrogen-bond acceptors (Lipinski definition) is 6. The topological polar surface area (TPSA) is 104 Å². The molecule has 3 aromatic heterocycles. The lowest BCUT2D eigenvalue weighted by Crippen LogP contribution is -2.36. The number of hydrogen-bond donors (Lipinski definition) is 1. The predicted molar refractivity (Wildman–Crippen MR) is 114 cm³/mol. The summed E-state index contributed by atoms with van der Waals surface area (Å²) < 4.78 is 3.89. The van der Waals surface area contributed by atoms with E-state index in [4.69, 9.17) is 0 Å². The van der Waals surface area contributed by atoms with Gasteiger partial charge in [-0.15, -0.1) is 11.3 Å². The number of carbonyl (C=O) groups is 1. The molecule has 0 fully saturated rings. The summed E-state index contributed by atoms with van der Waals surface area (Å²) in [5.41, 5.74) is 1.97. The molecule has 1 N–H and O–H groups in total. The van der Waals surface area contributed by atoms with Crippen molar-refractivity contribution in [2.24, 2.45) is 0 Å². The first kappa shape index (κ1) is 19.8. The highest BCUT2D eigenvalue weighted by atomic mass is 32.1. The molecule has 154 valence electrons. The standard InChI is InChI=1S/C20H20N6O3S/c1-13-5-3-6-15-14(2)11-17(28)24(19(13)15)12-16(27)21-8-9-25-20(29)26(23-22-25)18-7-4-10-30-18/h3-7,10-11H,8-9,12H2,1-2H3,(H,21,27). The van der Waals surface area contributed by atoms with Crippen molar-refractivity contribution in [1.82, 2.24) is 29.7 Å². The molecule has 0 spiro atoms. The van der Waals surface area contributed by atoms with Gasteiger partial charge in [0, 0.05) is 18.0 Å². The highest BCUT2D eigenvalue weighted by molar-refractivity contribution is 7.12. The second-order valence-corrected chi connectivity index (χ2v) is 7.85. The van der Waals surface area contributed by atoms with Crippen LogP contribution in [0.2, 0.25) is 0 Å². The Hall–Kier alpha value is -3.53. The highest BCUT2D eigenvalue weighted by Crippen LogP contribution is 2.19. The van der Waals surface area contributed by atoms with E-state index in [1.165, 1.54) is 31.3 Å². The third-order valence-corrected chi connectivity index (χ3v) is 5.68. The Kier molecular flexibility index (Phi) is 5.32. The number of thiophene rings is 1. The second-order valence-electron chi connectivity index (χ2n) is 6.92. The maximum atomic E-state index is 12.5. The molecule has 0 aliphatic heterocycles. The van der Waals surface area contributed by atoms with E-state index in [1.807, 2.05) is 43.5 Å². The summed E-state index contributed by atoms with van der Waals surface area (Å²) in [6, 6.07) is 10.9. The van der Waals surface area contributed by atoms with Crippen molar-refractivity contribution in [1.29, 1.82) is 0 Å². The van der Waals surface area contributed by atoms with Gasteiger partial charge in [-0.25, -0.2) is 4.79 Å². The predicted octanol–water partition coefficient (Wildman–Crippen LogP) is 1.24. The van der Waals surface area contributed by atoms with Gasteiger partial charge in [0.05, 0.1) is 12.1 Å². The fourth-order valence-electron chi connectivity index (χ4n) is 3.39. The molecule has 0 atom stereocenters. The molecule has 0 radical (unpaired) electrons. The minimum atomic E-state index is -0.372. The number of para-hydroxylation sites is 1. The first-order chi connectivity index (χ1) is 14.5. The summed E-state index contributed by atoms with van der Waals surface area (Å²) in [6.07, 6.45) is 0. The van der Waals surface area contributed by atoms with Crippen LogP contribution in [-0.4, -0.2) is 36.8 Å². The molecule has 9 nitrogen and oxygen atoms in total. The molecule has 10 heteroatoms. The maximum absolute atomic E-state index is 12.5. The van der Waals surface area contributed by atoms with Crippen LogP contribution in [0.15, 0.2) is 51.4 Å². The van der Waals surface area contributed by atoms with Crippen LogP contribution in [0.5, 0.6) is 0 Å². The fraction of sp³-hybridized carbons (Fsp3) is 0.250. The lowest BCUT2D eigenvalue weighted by Gasteiger charge is -2.14. The summed E-state index contributed by atoms with van der Waals surface area (Å²) in [4.78, 5) is 37.3. The average Bonchev–Trinajstić information content (AvgIpc) is 3.35. The Balaban J connectivity index is 1.46. The number of amides is 1. The number of fused-ring (bicyclic) bond motifs is 1. The van der Waals surface area contributed by atoms with Crippen LogP contribution < -0.4 is 16.6 Å². The van der Waals surface area contributed by atoms with Crippen molar-refractivity contribution in [3.05, 3.63) is 73.7 Å². The van der Waals surface area contributed by atoms with Crippen molar-refractivity contribution >= 4 is 28.1 Å². The van der Waals surface area contributed by atoms with Crippen molar-refractivity contribution in [2.75, 3.05) is 6.54 Å². The number of nitrogens with zero attached hydrogens (tertiary/aromatic N) is 5. The Morgan fingerprint density at radius 2 is 1.93 bits per heavy atom. The summed E-state index contributed by atoms with van der Waals surface area (Å²) in [5, 5.41) is 13.9. The molecule has 0 unspecified atom stereocenters. The van der Waals surface area contributed by atoms with Crippen LogP contribution in [-0.2, 0) is 17.9 Å². The first-order valence-corrected chi connectivity index (χ1v) is 10.3. The van der Waals surface area contributed by atoms with E-state index in [9.17, 15) is 14.4 Å². The van der Waals surface area contributed by atoms with E-state index in [0.29, 0.717) is 5.00 Å². The smallest absolute Gasteiger partial charge is 0.353 e. The van der Waals surface area contributed by atoms with E-state index < -0.39 is 0 Å². The SMILES string of the molecule is Cc1cc(=O)n(CC(=O)NCCn2nnn(-c3cccs3)c2=O)c2c(C)cccc12. The maximum Gasteiger partial charge on any atom is 0.369 e. The molecule has 0 saturated carbocycles. The van der Waals surface area contributed by atoms with Crippen molar-refractivity contribution in [3.63, 3.8) is 0 Å². The molecule has 1 amide bonds. The van der Waals surface area contributed by atoms with Crippen LogP contribution in [0, 0.1) is 13.8 Å². The molecular formula is C20H20N6O3S. The van der Waals surface area contributed by atoms with Crippen molar-refractivity contribution in [2.45, 2.75) is 26.9 Å². The van der Waals surface area contributed by atoms with E-state index in [0.717, 1.165) is 22.0 Å². The minimum absolute atomic E-state index is 0.0999. The fourth-order valence-corrected chi connectivity index (χ4v) is 4.06. The van der Waals surface area contributed by atoms with Crippen molar-refractivity contribution in [3.8, 4) is 5.00 Å². The first-order valence-electron chi connectivity index (χ1n) is 9.39. The molecule has 0 bridgehead atoms. The molecule has 0 aliphatic carbocycles. The van der Waals surface area contributed by atoms with Crippen LogP contribution >= 0.6 is 11.3 Å². The third-order valence-electron chi connectivity index (χ3n) is 4.84. The number of pyridine rings is 1. The Bertz CT molecular complexity index is 1330. The average molecular weight is 424 g/mol. The summed E-state index contributed by atoms with van der Waals surface area (Å²) in [7, 11) is 0. The van der Waals surface area contributed by atoms with E-state index in [1.54, 1.807) is 6.07 Å².